The monoisotopic (exact) mass is 344 g/mol. The second kappa shape index (κ2) is 5.29. The number of likely N-dealkylation sites (tertiary alicyclic amines) is 1. The third kappa shape index (κ3) is 2.58. The first kappa shape index (κ1) is 13.6. The van der Waals surface area contributed by atoms with E-state index >= 15 is 0 Å². The maximum atomic E-state index is 3.79. The van der Waals surface area contributed by atoms with Gasteiger partial charge in [0.1, 0.15) is 0 Å². The van der Waals surface area contributed by atoms with E-state index in [1.807, 2.05) is 0 Å². The molecule has 2 aromatic rings. The van der Waals surface area contributed by atoms with E-state index in [0.29, 0.717) is 6.04 Å². The Balaban J connectivity index is 1.59. The molecular formula is C18H21BrN2. The summed E-state index contributed by atoms with van der Waals surface area (Å²) in [6, 6.07) is 15.1. The van der Waals surface area contributed by atoms with Gasteiger partial charge < -0.3 is 5.32 Å². The zero-order chi connectivity index (χ0) is 14.4. The fourth-order valence-corrected chi connectivity index (χ4v) is 4.16. The Kier molecular flexibility index (Phi) is 3.43. The highest BCUT2D eigenvalue weighted by Crippen LogP contribution is 2.35. The first-order valence-corrected chi connectivity index (χ1v) is 8.71. The van der Waals surface area contributed by atoms with Gasteiger partial charge in [-0.05, 0) is 43.7 Å². The number of benzene rings is 2. The molecule has 2 aromatic carbocycles. The number of hydrogen-bond acceptors (Lipinski definition) is 2. The third-order valence-electron chi connectivity index (χ3n) is 4.87. The van der Waals surface area contributed by atoms with Crippen molar-refractivity contribution in [2.75, 3.05) is 11.9 Å². The van der Waals surface area contributed by atoms with Crippen LogP contribution in [-0.2, 0) is 0 Å². The molecule has 21 heavy (non-hydrogen) atoms. The second-order valence-electron chi connectivity index (χ2n) is 6.49. The zero-order valence-corrected chi connectivity index (χ0v) is 13.9. The lowest BCUT2D eigenvalue weighted by Crippen LogP contribution is -2.31. The molecule has 1 saturated carbocycles. The van der Waals surface area contributed by atoms with E-state index in [9.17, 15) is 0 Å². The Morgan fingerprint density at radius 3 is 2.62 bits per heavy atom. The molecule has 2 atom stereocenters. The summed E-state index contributed by atoms with van der Waals surface area (Å²) in [7, 11) is 0. The predicted molar refractivity (Wildman–Crippen MR) is 92.9 cm³/mol. The first-order chi connectivity index (χ1) is 10.2. The molecule has 1 heterocycles. The van der Waals surface area contributed by atoms with Crippen LogP contribution < -0.4 is 5.32 Å². The van der Waals surface area contributed by atoms with E-state index in [2.05, 4.69) is 69.5 Å². The van der Waals surface area contributed by atoms with Gasteiger partial charge in [-0.2, -0.15) is 0 Å². The van der Waals surface area contributed by atoms with Gasteiger partial charge in [0.2, 0.25) is 0 Å². The van der Waals surface area contributed by atoms with Crippen LogP contribution in [0.4, 0.5) is 5.69 Å². The van der Waals surface area contributed by atoms with Gasteiger partial charge in [0, 0.05) is 40.2 Å². The summed E-state index contributed by atoms with van der Waals surface area (Å²) >= 11 is 3.65. The van der Waals surface area contributed by atoms with Gasteiger partial charge in [0.25, 0.3) is 0 Å². The number of fused-ring (bicyclic) bond motifs is 1. The molecule has 2 fully saturated rings. The van der Waals surface area contributed by atoms with Crippen LogP contribution in [0.3, 0.4) is 0 Å². The van der Waals surface area contributed by atoms with Crippen molar-refractivity contribution in [3.63, 3.8) is 0 Å². The van der Waals surface area contributed by atoms with Crippen LogP contribution in [0.15, 0.2) is 40.9 Å². The smallest absolute Gasteiger partial charge is 0.0423 e. The maximum absolute atomic E-state index is 3.79. The molecule has 4 rings (SSSR count). The summed E-state index contributed by atoms with van der Waals surface area (Å²) < 4.78 is 1.17. The summed E-state index contributed by atoms with van der Waals surface area (Å²) in [6.07, 6.45) is 4.05. The van der Waals surface area contributed by atoms with Crippen LogP contribution in [0.25, 0.3) is 10.8 Å². The fourth-order valence-electron chi connectivity index (χ4n) is 3.68. The minimum atomic E-state index is 0.574. The minimum Gasteiger partial charge on any atom is -0.380 e. The van der Waals surface area contributed by atoms with E-state index < -0.39 is 0 Å². The molecule has 2 aliphatic rings. The highest BCUT2D eigenvalue weighted by Gasteiger charge is 2.38. The average molecular weight is 345 g/mol. The van der Waals surface area contributed by atoms with Gasteiger partial charge in [-0.1, -0.05) is 40.2 Å². The van der Waals surface area contributed by atoms with Crippen molar-refractivity contribution >= 4 is 32.4 Å². The van der Waals surface area contributed by atoms with E-state index in [1.165, 1.54) is 46.7 Å². The largest absolute Gasteiger partial charge is 0.380 e. The standard InChI is InChI=1S/C18H21BrN2/c1-12-10-13(11-21(12)14-6-7-14)20-18-9-8-17(19)15-4-2-3-5-16(15)18/h2-5,8-9,12-14,20H,6-7,10-11H2,1H3. The van der Waals surface area contributed by atoms with Crippen molar-refractivity contribution in [3.05, 3.63) is 40.9 Å². The first-order valence-electron chi connectivity index (χ1n) is 7.92. The summed E-state index contributed by atoms with van der Waals surface area (Å²) in [5.74, 6) is 0. The van der Waals surface area contributed by atoms with Gasteiger partial charge in [-0.3, -0.25) is 4.90 Å². The molecule has 1 N–H and O–H groups in total. The van der Waals surface area contributed by atoms with Gasteiger partial charge in [-0.25, -0.2) is 0 Å². The predicted octanol–water partition coefficient (Wildman–Crippen LogP) is 4.64. The number of halogens is 1. The Morgan fingerprint density at radius 2 is 1.86 bits per heavy atom. The van der Waals surface area contributed by atoms with Crippen LogP contribution in [0.1, 0.15) is 26.2 Å². The number of nitrogens with zero attached hydrogens (tertiary/aromatic N) is 1. The SMILES string of the molecule is CC1CC(Nc2ccc(Br)c3ccccc23)CN1C1CC1. The van der Waals surface area contributed by atoms with Gasteiger partial charge in [-0.15, -0.1) is 0 Å². The molecular weight excluding hydrogens is 324 g/mol. The summed E-state index contributed by atoms with van der Waals surface area (Å²) in [5.41, 5.74) is 1.27. The van der Waals surface area contributed by atoms with Gasteiger partial charge >= 0.3 is 0 Å². The molecule has 1 aliphatic carbocycles. The lowest BCUT2D eigenvalue weighted by molar-refractivity contribution is 0.257. The van der Waals surface area contributed by atoms with Crippen LogP contribution >= 0.6 is 15.9 Å². The quantitative estimate of drug-likeness (QED) is 0.872. The maximum Gasteiger partial charge on any atom is 0.0423 e. The zero-order valence-electron chi connectivity index (χ0n) is 12.3. The lowest BCUT2D eigenvalue weighted by Gasteiger charge is -2.20. The molecule has 0 amide bonds. The Labute approximate surface area is 134 Å². The van der Waals surface area contributed by atoms with Crippen molar-refractivity contribution in [1.29, 1.82) is 0 Å². The molecule has 110 valence electrons. The van der Waals surface area contributed by atoms with E-state index in [0.717, 1.165) is 12.1 Å². The summed E-state index contributed by atoms with van der Waals surface area (Å²) in [6.45, 7) is 3.57. The molecule has 1 saturated heterocycles. The van der Waals surface area contributed by atoms with E-state index in [1.54, 1.807) is 0 Å². The van der Waals surface area contributed by atoms with E-state index in [4.69, 9.17) is 0 Å². The molecule has 3 heteroatoms. The van der Waals surface area contributed by atoms with Crippen LogP contribution in [-0.4, -0.2) is 29.6 Å². The van der Waals surface area contributed by atoms with Crippen molar-refractivity contribution in [2.24, 2.45) is 0 Å². The highest BCUT2D eigenvalue weighted by atomic mass is 79.9. The van der Waals surface area contributed by atoms with Crippen molar-refractivity contribution in [1.82, 2.24) is 4.90 Å². The minimum absolute atomic E-state index is 0.574. The molecule has 0 radical (unpaired) electrons. The molecule has 2 nitrogen and oxygen atoms in total. The highest BCUT2D eigenvalue weighted by molar-refractivity contribution is 9.10. The Morgan fingerprint density at radius 1 is 1.10 bits per heavy atom. The Bertz CT molecular complexity index is 665. The third-order valence-corrected chi connectivity index (χ3v) is 5.56. The summed E-state index contributed by atoms with van der Waals surface area (Å²) in [5, 5.41) is 6.39. The van der Waals surface area contributed by atoms with Crippen LogP contribution in [0, 0.1) is 0 Å². The second-order valence-corrected chi connectivity index (χ2v) is 7.35. The van der Waals surface area contributed by atoms with E-state index in [-0.39, 0.29) is 0 Å². The van der Waals surface area contributed by atoms with Gasteiger partial charge in [0.15, 0.2) is 0 Å². The lowest BCUT2D eigenvalue weighted by atomic mass is 10.1. The average Bonchev–Trinajstić information content (AvgIpc) is 3.27. The van der Waals surface area contributed by atoms with Crippen molar-refractivity contribution in [3.8, 4) is 0 Å². The van der Waals surface area contributed by atoms with Crippen LogP contribution in [0.2, 0.25) is 0 Å². The fraction of sp³-hybridized carbons (Fsp3) is 0.444. The topological polar surface area (TPSA) is 15.3 Å². The number of hydrogen-bond donors (Lipinski definition) is 1. The molecule has 2 unspecified atom stereocenters. The molecule has 0 bridgehead atoms. The number of rotatable bonds is 3. The number of anilines is 1. The van der Waals surface area contributed by atoms with Crippen LogP contribution in [0.5, 0.6) is 0 Å². The molecule has 0 aromatic heterocycles. The van der Waals surface area contributed by atoms with Gasteiger partial charge in [0.05, 0.1) is 0 Å². The normalized spacial score (nSPS) is 26.4. The Hall–Kier alpha value is -1.06. The molecule has 0 spiro atoms. The molecule has 1 aliphatic heterocycles. The number of nitrogens with one attached hydrogen (secondary N) is 1. The van der Waals surface area contributed by atoms with Crippen molar-refractivity contribution in [2.45, 2.75) is 44.3 Å². The summed E-state index contributed by atoms with van der Waals surface area (Å²) in [4.78, 5) is 2.69. The van der Waals surface area contributed by atoms with Crippen molar-refractivity contribution < 1.29 is 0 Å².